The molecule has 2 aromatic heterocycles. The number of aromatic amines is 2. The summed E-state index contributed by atoms with van der Waals surface area (Å²) in [4.78, 5) is 42.4. The fourth-order valence-corrected chi connectivity index (χ4v) is 3.55. The standard InChI is InChI=1S/C25H24N2O11/c28-16-7-5-13(11-17(16)29)6-8-19(30)35-12-18-20(31)21(32)22(37-23(33)14-3-1-9-26-14)25(36-18)38-24(34)15-4-2-10-27-15/h1-11,18,20-22,25-29,31-32H,12H2/b8-6+/t18-,20-,21+,22-,25+/m1/s1. The van der Waals surface area contributed by atoms with Crippen molar-refractivity contribution in [2.24, 2.45) is 0 Å². The summed E-state index contributed by atoms with van der Waals surface area (Å²) in [6.07, 6.45) is -2.81. The Balaban J connectivity index is 1.43. The van der Waals surface area contributed by atoms with E-state index in [9.17, 15) is 34.8 Å². The molecule has 1 fully saturated rings. The number of phenols is 2. The minimum Gasteiger partial charge on any atom is -0.504 e. The maximum atomic E-state index is 12.5. The van der Waals surface area contributed by atoms with Gasteiger partial charge in [-0.05, 0) is 48.0 Å². The fourth-order valence-electron chi connectivity index (χ4n) is 3.55. The number of rotatable bonds is 8. The first-order valence-electron chi connectivity index (χ1n) is 11.3. The predicted molar refractivity (Wildman–Crippen MR) is 127 cm³/mol. The maximum Gasteiger partial charge on any atom is 0.357 e. The number of carbonyl (C=O) groups excluding carboxylic acids is 3. The summed E-state index contributed by atoms with van der Waals surface area (Å²) in [6, 6.07) is 9.85. The number of aliphatic hydroxyl groups excluding tert-OH is 2. The van der Waals surface area contributed by atoms with Crippen LogP contribution in [0.5, 0.6) is 11.5 Å². The zero-order valence-electron chi connectivity index (χ0n) is 19.6. The zero-order valence-corrected chi connectivity index (χ0v) is 19.6. The first kappa shape index (κ1) is 26.5. The van der Waals surface area contributed by atoms with Crippen LogP contribution in [-0.2, 0) is 23.7 Å². The van der Waals surface area contributed by atoms with Crippen LogP contribution < -0.4 is 0 Å². The van der Waals surface area contributed by atoms with Crippen molar-refractivity contribution in [3.05, 3.63) is 77.9 Å². The monoisotopic (exact) mass is 528 g/mol. The van der Waals surface area contributed by atoms with Crippen LogP contribution in [0.2, 0.25) is 0 Å². The van der Waals surface area contributed by atoms with E-state index in [0.29, 0.717) is 5.56 Å². The molecule has 200 valence electrons. The first-order valence-corrected chi connectivity index (χ1v) is 11.3. The number of aromatic hydroxyl groups is 2. The van der Waals surface area contributed by atoms with Gasteiger partial charge in [-0.1, -0.05) is 6.07 Å². The summed E-state index contributed by atoms with van der Waals surface area (Å²) >= 11 is 0. The second-order valence-electron chi connectivity index (χ2n) is 8.18. The van der Waals surface area contributed by atoms with Gasteiger partial charge in [0.1, 0.15) is 36.3 Å². The minimum atomic E-state index is -1.77. The van der Waals surface area contributed by atoms with E-state index in [2.05, 4.69) is 9.97 Å². The Morgan fingerprint density at radius 3 is 2.16 bits per heavy atom. The van der Waals surface area contributed by atoms with Crippen LogP contribution >= 0.6 is 0 Å². The third-order valence-electron chi connectivity index (χ3n) is 5.55. The molecule has 13 nitrogen and oxygen atoms in total. The van der Waals surface area contributed by atoms with Gasteiger partial charge in [0.2, 0.25) is 6.29 Å². The van der Waals surface area contributed by atoms with Crippen molar-refractivity contribution in [2.45, 2.75) is 30.7 Å². The molecule has 1 aromatic carbocycles. The average molecular weight is 528 g/mol. The number of benzene rings is 1. The third kappa shape index (κ3) is 6.21. The van der Waals surface area contributed by atoms with Crippen molar-refractivity contribution in [3.8, 4) is 11.5 Å². The highest BCUT2D eigenvalue weighted by molar-refractivity contribution is 5.88. The minimum absolute atomic E-state index is 0.0472. The Bertz CT molecular complexity index is 1290. The molecule has 3 aromatic rings. The van der Waals surface area contributed by atoms with Crippen LogP contribution in [0.15, 0.2) is 60.9 Å². The molecule has 1 saturated heterocycles. The number of H-pyrrole nitrogens is 2. The SMILES string of the molecule is O=C(/C=C/c1ccc(O)c(O)c1)OC[C@H]1O[C@@H](OC(=O)c2ccc[nH]2)[C@H](OC(=O)c2ccc[nH]2)[C@@H](O)[C@@H]1O. The number of aliphatic hydroxyl groups is 2. The van der Waals surface area contributed by atoms with E-state index >= 15 is 0 Å². The molecule has 1 aliphatic rings. The van der Waals surface area contributed by atoms with Crippen LogP contribution in [0.3, 0.4) is 0 Å². The highest BCUT2D eigenvalue weighted by atomic mass is 16.7. The molecule has 13 heteroatoms. The van der Waals surface area contributed by atoms with E-state index in [1.807, 2.05) is 0 Å². The Morgan fingerprint density at radius 1 is 0.895 bits per heavy atom. The van der Waals surface area contributed by atoms with E-state index in [4.69, 9.17) is 18.9 Å². The van der Waals surface area contributed by atoms with E-state index in [-0.39, 0.29) is 22.9 Å². The fraction of sp³-hybridized carbons (Fsp3) is 0.240. The van der Waals surface area contributed by atoms with Gasteiger partial charge in [0, 0.05) is 18.5 Å². The molecule has 6 N–H and O–H groups in total. The van der Waals surface area contributed by atoms with Gasteiger partial charge in [-0.15, -0.1) is 0 Å². The molecular weight excluding hydrogens is 504 g/mol. The van der Waals surface area contributed by atoms with Crippen LogP contribution in [0.25, 0.3) is 6.08 Å². The number of carbonyl (C=O) groups is 3. The first-order chi connectivity index (χ1) is 18.2. The van der Waals surface area contributed by atoms with Gasteiger partial charge in [0.05, 0.1) is 0 Å². The average Bonchev–Trinajstić information content (AvgIpc) is 3.63. The van der Waals surface area contributed by atoms with Crippen LogP contribution in [0, 0.1) is 0 Å². The predicted octanol–water partition coefficient (Wildman–Crippen LogP) is 0.840. The second-order valence-corrected chi connectivity index (χ2v) is 8.18. The smallest absolute Gasteiger partial charge is 0.357 e. The van der Waals surface area contributed by atoms with Gasteiger partial charge in [-0.2, -0.15) is 0 Å². The van der Waals surface area contributed by atoms with Crippen molar-refractivity contribution in [3.63, 3.8) is 0 Å². The van der Waals surface area contributed by atoms with Crippen LogP contribution in [-0.4, -0.2) is 85.6 Å². The topological polar surface area (TPSA) is 201 Å². The number of hydrogen-bond donors (Lipinski definition) is 6. The van der Waals surface area contributed by atoms with Crippen molar-refractivity contribution in [1.82, 2.24) is 9.97 Å². The highest BCUT2D eigenvalue weighted by Gasteiger charge is 2.49. The molecule has 0 unspecified atom stereocenters. The number of hydrogen-bond acceptors (Lipinski definition) is 11. The van der Waals surface area contributed by atoms with E-state index in [1.54, 1.807) is 12.1 Å². The highest BCUT2D eigenvalue weighted by Crippen LogP contribution is 2.27. The summed E-state index contributed by atoms with van der Waals surface area (Å²) in [7, 11) is 0. The lowest BCUT2D eigenvalue weighted by Crippen LogP contribution is -2.61. The van der Waals surface area contributed by atoms with Crippen molar-refractivity contribution in [1.29, 1.82) is 0 Å². The molecule has 0 saturated carbocycles. The van der Waals surface area contributed by atoms with E-state index in [1.165, 1.54) is 48.8 Å². The number of phenolic OH excluding ortho intramolecular Hbond substituents is 2. The van der Waals surface area contributed by atoms with Crippen molar-refractivity contribution in [2.75, 3.05) is 6.61 Å². The van der Waals surface area contributed by atoms with E-state index < -0.39 is 55.2 Å². The molecule has 0 radical (unpaired) electrons. The molecule has 0 spiro atoms. The molecule has 0 amide bonds. The summed E-state index contributed by atoms with van der Waals surface area (Å²) < 4.78 is 21.3. The molecule has 0 aliphatic carbocycles. The van der Waals surface area contributed by atoms with Crippen molar-refractivity contribution >= 4 is 24.0 Å². The number of nitrogens with one attached hydrogen (secondary N) is 2. The Labute approximate surface area is 214 Å². The summed E-state index contributed by atoms with van der Waals surface area (Å²) in [5.41, 5.74) is 0.493. The van der Waals surface area contributed by atoms with Gasteiger partial charge < -0.3 is 49.3 Å². The zero-order chi connectivity index (χ0) is 27.2. The Morgan fingerprint density at radius 2 is 1.55 bits per heavy atom. The second kappa shape index (κ2) is 11.6. The molecule has 4 rings (SSSR count). The normalized spacial score (nSPS) is 23.2. The lowest BCUT2D eigenvalue weighted by molar-refractivity contribution is -0.285. The largest absolute Gasteiger partial charge is 0.504 e. The Kier molecular flexibility index (Phi) is 8.11. The molecule has 38 heavy (non-hydrogen) atoms. The maximum absolute atomic E-state index is 12.5. The van der Waals surface area contributed by atoms with Gasteiger partial charge in [0.25, 0.3) is 0 Å². The molecular formula is C25H24N2O11. The number of ether oxygens (including phenoxy) is 4. The van der Waals surface area contributed by atoms with Crippen LogP contribution in [0.1, 0.15) is 26.5 Å². The van der Waals surface area contributed by atoms with Crippen molar-refractivity contribution < 1.29 is 53.8 Å². The molecule has 3 heterocycles. The van der Waals surface area contributed by atoms with Crippen LogP contribution in [0.4, 0.5) is 0 Å². The number of esters is 3. The van der Waals surface area contributed by atoms with Gasteiger partial charge in [-0.3, -0.25) is 0 Å². The molecule has 1 aliphatic heterocycles. The third-order valence-corrected chi connectivity index (χ3v) is 5.55. The quantitative estimate of drug-likeness (QED) is 0.105. The lowest BCUT2D eigenvalue weighted by Gasteiger charge is -2.40. The van der Waals surface area contributed by atoms with Gasteiger partial charge in [-0.25, -0.2) is 14.4 Å². The summed E-state index contributed by atoms with van der Waals surface area (Å²) in [5, 5.41) is 40.2. The van der Waals surface area contributed by atoms with Gasteiger partial charge in [0.15, 0.2) is 17.6 Å². The lowest BCUT2D eigenvalue weighted by atomic mass is 9.99. The summed E-state index contributed by atoms with van der Waals surface area (Å²) in [5.74, 6) is -3.34. The number of aromatic nitrogens is 2. The van der Waals surface area contributed by atoms with E-state index in [0.717, 1.165) is 6.08 Å². The van der Waals surface area contributed by atoms with Gasteiger partial charge >= 0.3 is 17.9 Å². The molecule has 0 bridgehead atoms. The Hall–Kier alpha value is -4.59. The molecule has 5 atom stereocenters. The summed E-state index contributed by atoms with van der Waals surface area (Å²) in [6.45, 7) is -0.559.